The summed E-state index contributed by atoms with van der Waals surface area (Å²) in [6, 6.07) is -0.0412. The third kappa shape index (κ3) is 3.82. The predicted molar refractivity (Wildman–Crippen MR) is 69.9 cm³/mol. The molecule has 0 spiro atoms. The molecule has 4 nitrogen and oxygen atoms in total. The second-order valence-electron chi connectivity index (χ2n) is 4.88. The number of ether oxygens (including phenoxy) is 1. The van der Waals surface area contributed by atoms with Crippen LogP contribution in [0.4, 0.5) is 0 Å². The van der Waals surface area contributed by atoms with Gasteiger partial charge >= 0.3 is 0 Å². The molecule has 0 fully saturated rings. The van der Waals surface area contributed by atoms with Crippen LogP contribution < -0.4 is 5.73 Å². The number of imidazole rings is 1. The van der Waals surface area contributed by atoms with E-state index in [4.69, 9.17) is 10.5 Å². The minimum absolute atomic E-state index is 0.0412. The fourth-order valence-corrected chi connectivity index (χ4v) is 1.90. The maximum Gasteiger partial charge on any atom is 0.110 e. The van der Waals surface area contributed by atoms with Gasteiger partial charge in [-0.3, -0.25) is 0 Å². The topological polar surface area (TPSA) is 53.1 Å². The molecular weight excluding hydrogens is 214 g/mol. The fourth-order valence-electron chi connectivity index (χ4n) is 1.90. The van der Waals surface area contributed by atoms with Gasteiger partial charge in [-0.1, -0.05) is 6.92 Å². The van der Waals surface area contributed by atoms with Crippen molar-refractivity contribution in [2.45, 2.75) is 58.7 Å². The lowest BCUT2D eigenvalue weighted by molar-refractivity contribution is -0.0293. The summed E-state index contributed by atoms with van der Waals surface area (Å²) in [5.74, 6) is 1.05. The molecule has 1 rings (SSSR count). The summed E-state index contributed by atoms with van der Waals surface area (Å²) < 4.78 is 7.85. The van der Waals surface area contributed by atoms with E-state index in [9.17, 15) is 0 Å². The maximum atomic E-state index is 6.22. The molecule has 17 heavy (non-hydrogen) atoms. The molecule has 0 radical (unpaired) electrons. The van der Waals surface area contributed by atoms with Crippen molar-refractivity contribution in [1.29, 1.82) is 0 Å². The minimum atomic E-state index is -0.308. The summed E-state index contributed by atoms with van der Waals surface area (Å²) in [7, 11) is 0. The second-order valence-corrected chi connectivity index (χ2v) is 4.88. The van der Waals surface area contributed by atoms with Crippen LogP contribution in [0.3, 0.4) is 0 Å². The van der Waals surface area contributed by atoms with Gasteiger partial charge in [0.05, 0.1) is 5.60 Å². The number of aromatic nitrogens is 2. The van der Waals surface area contributed by atoms with Crippen molar-refractivity contribution in [3.05, 3.63) is 18.2 Å². The molecule has 1 heterocycles. The average Bonchev–Trinajstić information content (AvgIpc) is 2.66. The highest BCUT2D eigenvalue weighted by Crippen LogP contribution is 2.16. The normalized spacial score (nSPS) is 13.9. The predicted octanol–water partition coefficient (Wildman–Crippen LogP) is 1.98. The molecule has 0 aliphatic heterocycles. The third-order valence-corrected chi connectivity index (χ3v) is 3.08. The Kier molecular flexibility index (Phi) is 5.15. The molecule has 0 bridgehead atoms. The zero-order chi connectivity index (χ0) is 12.9. The third-order valence-electron chi connectivity index (χ3n) is 3.08. The Bertz CT molecular complexity index is 333. The highest BCUT2D eigenvalue weighted by molar-refractivity contribution is 4.99. The van der Waals surface area contributed by atoms with E-state index in [1.165, 1.54) is 0 Å². The summed E-state index contributed by atoms with van der Waals surface area (Å²) in [6.07, 6.45) is 5.71. The van der Waals surface area contributed by atoms with Gasteiger partial charge in [0.15, 0.2) is 0 Å². The molecule has 4 heteroatoms. The SMILES string of the molecule is CCCn1ccnc1CC(N)C(C)(C)OCC. The Balaban J connectivity index is 2.66. The standard InChI is InChI=1S/C13H25N3O/c1-5-8-16-9-7-15-12(16)10-11(14)13(3,4)17-6-2/h7,9,11H,5-6,8,10,14H2,1-4H3. The molecule has 0 aromatic carbocycles. The van der Waals surface area contributed by atoms with E-state index < -0.39 is 0 Å². The summed E-state index contributed by atoms with van der Waals surface area (Å²) in [5.41, 5.74) is 5.91. The van der Waals surface area contributed by atoms with Crippen molar-refractivity contribution in [3.63, 3.8) is 0 Å². The lowest BCUT2D eigenvalue weighted by Crippen LogP contribution is -2.47. The van der Waals surface area contributed by atoms with Gasteiger partial charge in [-0.25, -0.2) is 4.98 Å². The van der Waals surface area contributed by atoms with Crippen LogP contribution in [0.1, 0.15) is 39.9 Å². The Morgan fingerprint density at radius 3 is 2.76 bits per heavy atom. The Hall–Kier alpha value is -0.870. The van der Waals surface area contributed by atoms with Crippen LogP contribution >= 0.6 is 0 Å². The van der Waals surface area contributed by atoms with E-state index in [0.717, 1.165) is 25.2 Å². The first-order valence-corrected chi connectivity index (χ1v) is 6.40. The summed E-state index contributed by atoms with van der Waals surface area (Å²) in [4.78, 5) is 4.38. The van der Waals surface area contributed by atoms with Crippen LogP contribution in [0.2, 0.25) is 0 Å². The first kappa shape index (κ1) is 14.2. The van der Waals surface area contributed by atoms with Crippen molar-refractivity contribution in [3.8, 4) is 0 Å². The zero-order valence-electron chi connectivity index (χ0n) is 11.4. The zero-order valence-corrected chi connectivity index (χ0v) is 11.4. The van der Waals surface area contributed by atoms with E-state index in [1.807, 2.05) is 33.2 Å². The highest BCUT2D eigenvalue weighted by Gasteiger charge is 2.27. The average molecular weight is 239 g/mol. The first-order chi connectivity index (χ1) is 8.01. The summed E-state index contributed by atoms with van der Waals surface area (Å²) >= 11 is 0. The molecule has 2 N–H and O–H groups in total. The van der Waals surface area contributed by atoms with Gasteiger partial charge in [0.2, 0.25) is 0 Å². The number of hydrogen-bond donors (Lipinski definition) is 1. The Morgan fingerprint density at radius 1 is 1.47 bits per heavy atom. The van der Waals surface area contributed by atoms with Crippen LogP contribution in [0.15, 0.2) is 12.4 Å². The van der Waals surface area contributed by atoms with Gasteiger partial charge < -0.3 is 15.0 Å². The van der Waals surface area contributed by atoms with Crippen molar-refractivity contribution in [2.24, 2.45) is 5.73 Å². The first-order valence-electron chi connectivity index (χ1n) is 6.40. The van der Waals surface area contributed by atoms with E-state index >= 15 is 0 Å². The highest BCUT2D eigenvalue weighted by atomic mass is 16.5. The van der Waals surface area contributed by atoms with Crippen molar-refractivity contribution in [2.75, 3.05) is 6.61 Å². The minimum Gasteiger partial charge on any atom is -0.374 e. The number of nitrogens with zero attached hydrogens (tertiary/aromatic N) is 2. The smallest absolute Gasteiger partial charge is 0.110 e. The Labute approximate surface area is 104 Å². The van der Waals surface area contributed by atoms with E-state index in [0.29, 0.717) is 6.61 Å². The molecule has 0 saturated carbocycles. The van der Waals surface area contributed by atoms with Crippen LogP contribution in [0.25, 0.3) is 0 Å². The lowest BCUT2D eigenvalue weighted by Gasteiger charge is -2.31. The van der Waals surface area contributed by atoms with Crippen molar-refractivity contribution >= 4 is 0 Å². The number of aryl methyl sites for hydroxylation is 1. The molecule has 1 aromatic heterocycles. The van der Waals surface area contributed by atoms with Crippen LogP contribution in [-0.2, 0) is 17.7 Å². The van der Waals surface area contributed by atoms with Gasteiger partial charge in [0.1, 0.15) is 5.82 Å². The van der Waals surface area contributed by atoms with Gasteiger partial charge in [-0.2, -0.15) is 0 Å². The molecule has 1 atom stereocenters. The fraction of sp³-hybridized carbons (Fsp3) is 0.769. The molecule has 0 saturated heterocycles. The molecule has 1 unspecified atom stereocenters. The quantitative estimate of drug-likeness (QED) is 0.791. The van der Waals surface area contributed by atoms with Gasteiger partial charge in [-0.05, 0) is 27.2 Å². The maximum absolute atomic E-state index is 6.22. The van der Waals surface area contributed by atoms with Crippen LogP contribution in [-0.4, -0.2) is 27.8 Å². The summed E-state index contributed by atoms with van der Waals surface area (Å²) in [5, 5.41) is 0. The molecular formula is C13H25N3O. The number of rotatable bonds is 7. The number of nitrogens with two attached hydrogens (primary N) is 1. The molecule has 0 aliphatic carbocycles. The van der Waals surface area contributed by atoms with Crippen molar-refractivity contribution in [1.82, 2.24) is 9.55 Å². The van der Waals surface area contributed by atoms with Crippen LogP contribution in [0.5, 0.6) is 0 Å². The summed E-state index contributed by atoms with van der Waals surface area (Å²) in [6.45, 7) is 9.91. The monoisotopic (exact) mass is 239 g/mol. The molecule has 98 valence electrons. The molecule has 1 aromatic rings. The van der Waals surface area contributed by atoms with E-state index in [1.54, 1.807) is 0 Å². The van der Waals surface area contributed by atoms with Crippen molar-refractivity contribution < 1.29 is 4.74 Å². The number of hydrogen-bond acceptors (Lipinski definition) is 3. The molecule has 0 aliphatic rings. The lowest BCUT2D eigenvalue weighted by atomic mass is 9.96. The van der Waals surface area contributed by atoms with Crippen LogP contribution in [0, 0.1) is 0 Å². The second kappa shape index (κ2) is 6.17. The van der Waals surface area contributed by atoms with E-state index in [-0.39, 0.29) is 11.6 Å². The largest absolute Gasteiger partial charge is 0.374 e. The van der Waals surface area contributed by atoms with E-state index in [2.05, 4.69) is 16.5 Å². The van der Waals surface area contributed by atoms with Gasteiger partial charge in [-0.15, -0.1) is 0 Å². The van der Waals surface area contributed by atoms with Gasteiger partial charge in [0.25, 0.3) is 0 Å². The van der Waals surface area contributed by atoms with Gasteiger partial charge in [0, 0.05) is 38.0 Å². The molecule has 0 amide bonds. The Morgan fingerprint density at radius 2 is 2.18 bits per heavy atom.